The molecule has 2 rings (SSSR count). The van der Waals surface area contributed by atoms with Gasteiger partial charge in [0.1, 0.15) is 0 Å². The fraction of sp³-hybridized carbons (Fsp3) is 0.231. The standard InChI is InChI=1S/C13H13Cl2N3OS/c1-18(2)6-9-7-20-13(16-9)17-12(19)10-5-8(14)3-4-11(10)15/h3-5,7H,6H2,1-2H3,(H,16,17,19). The summed E-state index contributed by atoms with van der Waals surface area (Å²) in [4.78, 5) is 18.5. The SMILES string of the molecule is CN(C)Cc1csc(NC(=O)c2cc(Cl)ccc2Cl)n1. The number of benzene rings is 1. The van der Waals surface area contributed by atoms with Gasteiger partial charge in [-0.25, -0.2) is 4.98 Å². The largest absolute Gasteiger partial charge is 0.304 e. The van der Waals surface area contributed by atoms with Gasteiger partial charge in [0.05, 0.1) is 16.3 Å². The lowest BCUT2D eigenvalue weighted by Crippen LogP contribution is -2.13. The third-order valence-electron chi connectivity index (χ3n) is 2.42. The monoisotopic (exact) mass is 329 g/mol. The van der Waals surface area contributed by atoms with Crippen LogP contribution in [0.4, 0.5) is 5.13 Å². The summed E-state index contributed by atoms with van der Waals surface area (Å²) >= 11 is 13.2. The number of halogens is 2. The number of anilines is 1. The van der Waals surface area contributed by atoms with Gasteiger partial charge in [-0.2, -0.15) is 0 Å². The van der Waals surface area contributed by atoms with Crippen molar-refractivity contribution in [3.05, 3.63) is 44.9 Å². The van der Waals surface area contributed by atoms with Gasteiger partial charge in [-0.1, -0.05) is 23.2 Å². The Morgan fingerprint density at radius 1 is 1.40 bits per heavy atom. The average molecular weight is 330 g/mol. The highest BCUT2D eigenvalue weighted by atomic mass is 35.5. The van der Waals surface area contributed by atoms with Crippen molar-refractivity contribution in [3.8, 4) is 0 Å². The molecule has 0 radical (unpaired) electrons. The third kappa shape index (κ3) is 3.93. The van der Waals surface area contributed by atoms with Crippen molar-refractivity contribution < 1.29 is 4.79 Å². The zero-order chi connectivity index (χ0) is 14.7. The van der Waals surface area contributed by atoms with Crippen molar-refractivity contribution in [3.63, 3.8) is 0 Å². The van der Waals surface area contributed by atoms with E-state index in [1.54, 1.807) is 12.1 Å². The van der Waals surface area contributed by atoms with Gasteiger partial charge in [0, 0.05) is 16.9 Å². The van der Waals surface area contributed by atoms with Gasteiger partial charge in [0.15, 0.2) is 5.13 Å². The number of amides is 1. The third-order valence-corrected chi connectivity index (χ3v) is 3.79. The van der Waals surface area contributed by atoms with Crippen LogP contribution in [0, 0.1) is 0 Å². The topological polar surface area (TPSA) is 45.2 Å². The number of hydrogen-bond donors (Lipinski definition) is 1. The molecule has 0 bridgehead atoms. The number of aromatic nitrogens is 1. The molecule has 4 nitrogen and oxygen atoms in total. The molecule has 0 saturated heterocycles. The van der Waals surface area contributed by atoms with Gasteiger partial charge in [0.25, 0.3) is 5.91 Å². The molecule has 0 saturated carbocycles. The summed E-state index contributed by atoms with van der Waals surface area (Å²) in [5.41, 5.74) is 1.25. The highest BCUT2D eigenvalue weighted by Gasteiger charge is 2.13. The minimum atomic E-state index is -0.316. The summed E-state index contributed by atoms with van der Waals surface area (Å²) in [6, 6.07) is 4.77. The van der Waals surface area contributed by atoms with E-state index in [0.717, 1.165) is 12.2 Å². The van der Waals surface area contributed by atoms with E-state index in [2.05, 4.69) is 10.3 Å². The van der Waals surface area contributed by atoms with E-state index in [-0.39, 0.29) is 5.91 Å². The molecule has 0 unspecified atom stereocenters. The molecule has 1 amide bonds. The molecule has 0 fully saturated rings. The minimum absolute atomic E-state index is 0.316. The van der Waals surface area contributed by atoms with Gasteiger partial charge in [0.2, 0.25) is 0 Å². The summed E-state index contributed by atoms with van der Waals surface area (Å²) < 4.78 is 0. The second-order valence-electron chi connectivity index (χ2n) is 4.46. The van der Waals surface area contributed by atoms with Crippen molar-refractivity contribution in [1.29, 1.82) is 0 Å². The van der Waals surface area contributed by atoms with E-state index in [0.29, 0.717) is 20.7 Å². The number of nitrogens with one attached hydrogen (secondary N) is 1. The van der Waals surface area contributed by atoms with E-state index in [9.17, 15) is 4.79 Å². The van der Waals surface area contributed by atoms with Gasteiger partial charge in [-0.15, -0.1) is 11.3 Å². The molecule has 1 aromatic heterocycles. The molecule has 0 atom stereocenters. The average Bonchev–Trinajstić information content (AvgIpc) is 2.78. The first kappa shape index (κ1) is 15.3. The molecule has 1 heterocycles. The summed E-state index contributed by atoms with van der Waals surface area (Å²) in [5, 5.41) is 6.01. The number of thiazole rings is 1. The van der Waals surface area contributed by atoms with Crippen molar-refractivity contribution in [2.24, 2.45) is 0 Å². The lowest BCUT2D eigenvalue weighted by atomic mass is 10.2. The van der Waals surface area contributed by atoms with Crippen molar-refractivity contribution in [2.45, 2.75) is 6.54 Å². The Balaban J connectivity index is 2.11. The lowest BCUT2D eigenvalue weighted by molar-refractivity contribution is 0.102. The van der Waals surface area contributed by atoms with Crippen LogP contribution in [0.2, 0.25) is 10.0 Å². The number of carbonyl (C=O) groups excluding carboxylic acids is 1. The van der Waals surface area contributed by atoms with E-state index in [1.807, 2.05) is 24.4 Å². The zero-order valence-corrected chi connectivity index (χ0v) is 13.3. The Bertz CT molecular complexity index is 628. The molecule has 0 aliphatic rings. The molecule has 106 valence electrons. The zero-order valence-electron chi connectivity index (χ0n) is 11.0. The predicted octanol–water partition coefficient (Wildman–Crippen LogP) is 3.76. The van der Waals surface area contributed by atoms with Crippen LogP contribution in [-0.2, 0) is 6.54 Å². The number of nitrogens with zero attached hydrogens (tertiary/aromatic N) is 2. The van der Waals surface area contributed by atoms with Crippen LogP contribution in [-0.4, -0.2) is 29.9 Å². The molecule has 1 aromatic carbocycles. The number of hydrogen-bond acceptors (Lipinski definition) is 4. The predicted molar refractivity (Wildman–Crippen MR) is 83.9 cm³/mol. The maximum atomic E-state index is 12.1. The fourth-order valence-electron chi connectivity index (χ4n) is 1.60. The molecule has 0 aliphatic heterocycles. The fourth-order valence-corrected chi connectivity index (χ4v) is 2.67. The van der Waals surface area contributed by atoms with Crippen LogP contribution in [0.15, 0.2) is 23.6 Å². The first-order valence-electron chi connectivity index (χ1n) is 5.81. The molecule has 2 aromatic rings. The number of rotatable bonds is 4. The number of carbonyl (C=O) groups is 1. The van der Waals surface area contributed by atoms with Crippen molar-refractivity contribution in [2.75, 3.05) is 19.4 Å². The van der Waals surface area contributed by atoms with Crippen molar-refractivity contribution in [1.82, 2.24) is 9.88 Å². The molecule has 20 heavy (non-hydrogen) atoms. The van der Waals surface area contributed by atoms with Gasteiger partial charge >= 0.3 is 0 Å². The van der Waals surface area contributed by atoms with E-state index in [4.69, 9.17) is 23.2 Å². The first-order chi connectivity index (χ1) is 9.45. The maximum Gasteiger partial charge on any atom is 0.259 e. The summed E-state index contributed by atoms with van der Waals surface area (Å²) in [6.07, 6.45) is 0. The summed E-state index contributed by atoms with van der Waals surface area (Å²) in [7, 11) is 3.92. The second kappa shape index (κ2) is 6.54. The van der Waals surface area contributed by atoms with Crippen LogP contribution in [0.3, 0.4) is 0 Å². The van der Waals surface area contributed by atoms with Crippen LogP contribution in [0.1, 0.15) is 16.1 Å². The van der Waals surface area contributed by atoms with Crippen LogP contribution >= 0.6 is 34.5 Å². The lowest BCUT2D eigenvalue weighted by Gasteiger charge is -2.06. The Labute approximate surface area is 131 Å². The Morgan fingerprint density at radius 2 is 2.15 bits per heavy atom. The second-order valence-corrected chi connectivity index (χ2v) is 6.16. The smallest absolute Gasteiger partial charge is 0.259 e. The highest BCUT2D eigenvalue weighted by Crippen LogP contribution is 2.23. The first-order valence-corrected chi connectivity index (χ1v) is 7.45. The van der Waals surface area contributed by atoms with Gasteiger partial charge in [-0.05, 0) is 32.3 Å². The molecular weight excluding hydrogens is 317 g/mol. The van der Waals surface area contributed by atoms with Gasteiger partial charge < -0.3 is 4.90 Å². The minimum Gasteiger partial charge on any atom is -0.304 e. The van der Waals surface area contributed by atoms with Gasteiger partial charge in [-0.3, -0.25) is 10.1 Å². The van der Waals surface area contributed by atoms with Crippen LogP contribution in [0.5, 0.6) is 0 Å². The Hall–Kier alpha value is -1.14. The van der Waals surface area contributed by atoms with E-state index in [1.165, 1.54) is 17.4 Å². The van der Waals surface area contributed by atoms with Crippen LogP contribution < -0.4 is 5.32 Å². The van der Waals surface area contributed by atoms with E-state index < -0.39 is 0 Å². The summed E-state index contributed by atoms with van der Waals surface area (Å²) in [6.45, 7) is 0.726. The Morgan fingerprint density at radius 3 is 2.85 bits per heavy atom. The quantitative estimate of drug-likeness (QED) is 0.928. The molecule has 7 heteroatoms. The summed E-state index contributed by atoms with van der Waals surface area (Å²) in [5.74, 6) is -0.316. The molecule has 0 spiro atoms. The highest BCUT2D eigenvalue weighted by molar-refractivity contribution is 7.14. The normalized spacial score (nSPS) is 10.8. The Kier molecular flexibility index (Phi) is 4.99. The van der Waals surface area contributed by atoms with Crippen molar-refractivity contribution >= 4 is 45.6 Å². The molecule has 1 N–H and O–H groups in total. The molecular formula is C13H13Cl2N3OS. The maximum absolute atomic E-state index is 12.1. The van der Waals surface area contributed by atoms with E-state index >= 15 is 0 Å². The molecule has 0 aliphatic carbocycles. The van der Waals surface area contributed by atoms with Crippen LogP contribution in [0.25, 0.3) is 0 Å².